The number of aromatic nitrogens is 1. The number of hydrogen-bond acceptors (Lipinski definition) is 3. The number of carbonyl (C=O) groups excluding carboxylic acids is 1. The van der Waals surface area contributed by atoms with Crippen molar-refractivity contribution < 1.29 is 4.79 Å². The van der Waals surface area contributed by atoms with Crippen molar-refractivity contribution in [2.24, 2.45) is 0 Å². The van der Waals surface area contributed by atoms with Crippen LogP contribution in [0.2, 0.25) is 0 Å². The molecule has 0 bridgehead atoms. The van der Waals surface area contributed by atoms with Crippen LogP contribution in [-0.4, -0.2) is 17.4 Å². The van der Waals surface area contributed by atoms with Crippen LogP contribution in [0.1, 0.15) is 30.6 Å². The SMILES string of the molecule is CC=C(C=CCNC(=O)c1ccc(N)nc1)CC. The summed E-state index contributed by atoms with van der Waals surface area (Å²) in [6, 6.07) is 3.27. The number of nitrogens with zero attached hydrogens (tertiary/aromatic N) is 1. The minimum Gasteiger partial charge on any atom is -0.384 e. The van der Waals surface area contributed by atoms with Gasteiger partial charge in [-0.15, -0.1) is 0 Å². The largest absolute Gasteiger partial charge is 0.384 e. The van der Waals surface area contributed by atoms with Crippen LogP contribution >= 0.6 is 0 Å². The van der Waals surface area contributed by atoms with Gasteiger partial charge in [0.25, 0.3) is 5.91 Å². The summed E-state index contributed by atoms with van der Waals surface area (Å²) in [4.78, 5) is 15.6. The first kappa shape index (κ1) is 14.0. The Kier molecular flexibility index (Phi) is 5.64. The zero-order valence-corrected chi connectivity index (χ0v) is 10.8. The zero-order valence-electron chi connectivity index (χ0n) is 10.8. The van der Waals surface area contributed by atoms with Gasteiger partial charge in [-0.3, -0.25) is 4.79 Å². The van der Waals surface area contributed by atoms with Gasteiger partial charge in [0.15, 0.2) is 0 Å². The average Bonchev–Trinajstić information content (AvgIpc) is 2.39. The molecule has 0 atom stereocenters. The number of nitrogens with two attached hydrogens (primary N) is 1. The second kappa shape index (κ2) is 7.27. The molecule has 0 saturated carbocycles. The highest BCUT2D eigenvalue weighted by Gasteiger charge is 2.03. The van der Waals surface area contributed by atoms with Gasteiger partial charge in [0, 0.05) is 12.7 Å². The van der Waals surface area contributed by atoms with Crippen molar-refractivity contribution in [3.05, 3.63) is 47.7 Å². The quantitative estimate of drug-likeness (QED) is 0.782. The Morgan fingerprint density at radius 3 is 2.83 bits per heavy atom. The molecule has 3 N–H and O–H groups in total. The van der Waals surface area contributed by atoms with E-state index in [-0.39, 0.29) is 5.91 Å². The predicted molar refractivity (Wildman–Crippen MR) is 74.2 cm³/mol. The average molecular weight is 245 g/mol. The van der Waals surface area contributed by atoms with Gasteiger partial charge < -0.3 is 11.1 Å². The van der Waals surface area contributed by atoms with Crippen molar-refractivity contribution in [2.45, 2.75) is 20.3 Å². The molecule has 0 spiro atoms. The molecule has 0 radical (unpaired) electrons. The fourth-order valence-electron chi connectivity index (χ4n) is 1.42. The summed E-state index contributed by atoms with van der Waals surface area (Å²) in [5, 5.41) is 2.79. The first-order valence-electron chi connectivity index (χ1n) is 5.98. The topological polar surface area (TPSA) is 68.0 Å². The molecule has 0 aromatic carbocycles. The van der Waals surface area contributed by atoms with E-state index in [9.17, 15) is 4.79 Å². The van der Waals surface area contributed by atoms with Gasteiger partial charge in [-0.2, -0.15) is 0 Å². The normalized spacial score (nSPS) is 11.8. The van der Waals surface area contributed by atoms with Crippen molar-refractivity contribution in [1.82, 2.24) is 10.3 Å². The Balaban J connectivity index is 2.45. The summed E-state index contributed by atoms with van der Waals surface area (Å²) in [5.41, 5.74) is 7.21. The van der Waals surface area contributed by atoms with Crippen molar-refractivity contribution in [3.8, 4) is 0 Å². The molecule has 4 nitrogen and oxygen atoms in total. The molecular formula is C14H19N3O. The van der Waals surface area contributed by atoms with Crippen LogP contribution in [0, 0.1) is 0 Å². The van der Waals surface area contributed by atoms with E-state index in [1.54, 1.807) is 12.1 Å². The number of hydrogen-bond donors (Lipinski definition) is 2. The number of rotatable bonds is 5. The van der Waals surface area contributed by atoms with Gasteiger partial charge in [-0.05, 0) is 25.5 Å². The third kappa shape index (κ3) is 4.41. The molecule has 0 fully saturated rings. The third-order valence-electron chi connectivity index (χ3n) is 2.54. The van der Waals surface area contributed by atoms with E-state index in [2.05, 4.69) is 23.3 Å². The third-order valence-corrected chi connectivity index (χ3v) is 2.54. The Hall–Kier alpha value is -2.10. The molecule has 0 aliphatic rings. The van der Waals surface area contributed by atoms with Gasteiger partial charge in [-0.1, -0.05) is 30.7 Å². The molecule has 4 heteroatoms. The van der Waals surface area contributed by atoms with Gasteiger partial charge in [0.05, 0.1) is 5.56 Å². The van der Waals surface area contributed by atoms with E-state index in [1.807, 2.05) is 19.1 Å². The fraction of sp³-hybridized carbons (Fsp3) is 0.286. The van der Waals surface area contributed by atoms with E-state index >= 15 is 0 Å². The van der Waals surface area contributed by atoms with Crippen LogP contribution in [-0.2, 0) is 0 Å². The molecule has 1 aromatic rings. The van der Waals surface area contributed by atoms with Crippen molar-refractivity contribution in [3.63, 3.8) is 0 Å². The molecule has 96 valence electrons. The first-order chi connectivity index (χ1) is 8.67. The van der Waals surface area contributed by atoms with Crippen LogP contribution in [0.3, 0.4) is 0 Å². The molecule has 0 aliphatic carbocycles. The van der Waals surface area contributed by atoms with Crippen LogP contribution in [0.5, 0.6) is 0 Å². The Bertz CT molecular complexity index is 447. The minimum absolute atomic E-state index is 0.148. The first-order valence-corrected chi connectivity index (χ1v) is 5.98. The van der Waals surface area contributed by atoms with Gasteiger partial charge in [0.1, 0.15) is 5.82 Å². The maximum absolute atomic E-state index is 11.7. The van der Waals surface area contributed by atoms with Crippen LogP contribution in [0.4, 0.5) is 5.82 Å². The lowest BCUT2D eigenvalue weighted by atomic mass is 10.2. The maximum atomic E-state index is 11.7. The highest BCUT2D eigenvalue weighted by molar-refractivity contribution is 5.94. The summed E-state index contributed by atoms with van der Waals surface area (Å²) in [6.07, 6.45) is 8.46. The lowest BCUT2D eigenvalue weighted by Crippen LogP contribution is -2.23. The highest BCUT2D eigenvalue weighted by Crippen LogP contribution is 2.02. The summed E-state index contributed by atoms with van der Waals surface area (Å²) < 4.78 is 0. The number of amides is 1. The second-order valence-corrected chi connectivity index (χ2v) is 3.80. The summed E-state index contributed by atoms with van der Waals surface area (Å²) in [6.45, 7) is 4.60. The monoisotopic (exact) mass is 245 g/mol. The minimum atomic E-state index is -0.148. The van der Waals surface area contributed by atoms with Gasteiger partial charge in [-0.25, -0.2) is 4.98 Å². The van der Waals surface area contributed by atoms with Gasteiger partial charge in [0.2, 0.25) is 0 Å². The standard InChI is InChI=1S/C14H19N3O/c1-3-11(4-2)6-5-9-16-14(18)12-7-8-13(15)17-10-12/h3,5-8,10H,4,9H2,1-2H3,(H2,15,17)(H,16,18). The second-order valence-electron chi connectivity index (χ2n) is 3.80. The van der Waals surface area contributed by atoms with Crippen LogP contribution in [0.15, 0.2) is 42.1 Å². The van der Waals surface area contributed by atoms with E-state index in [0.29, 0.717) is 17.9 Å². The van der Waals surface area contributed by atoms with Crippen LogP contribution < -0.4 is 11.1 Å². The molecule has 1 aromatic heterocycles. The summed E-state index contributed by atoms with van der Waals surface area (Å²) in [7, 11) is 0. The molecule has 1 rings (SSSR count). The number of nitrogen functional groups attached to an aromatic ring is 1. The molecular weight excluding hydrogens is 226 g/mol. The zero-order chi connectivity index (χ0) is 13.4. The van der Waals surface area contributed by atoms with Gasteiger partial charge >= 0.3 is 0 Å². The summed E-state index contributed by atoms with van der Waals surface area (Å²) >= 11 is 0. The number of pyridine rings is 1. The maximum Gasteiger partial charge on any atom is 0.253 e. The number of allylic oxidation sites excluding steroid dienone is 3. The van der Waals surface area contributed by atoms with Crippen molar-refractivity contribution in [1.29, 1.82) is 0 Å². The highest BCUT2D eigenvalue weighted by atomic mass is 16.1. The van der Waals surface area contributed by atoms with E-state index in [0.717, 1.165) is 6.42 Å². The molecule has 18 heavy (non-hydrogen) atoms. The lowest BCUT2D eigenvalue weighted by Gasteiger charge is -2.02. The Labute approximate surface area is 108 Å². The Morgan fingerprint density at radius 2 is 2.28 bits per heavy atom. The lowest BCUT2D eigenvalue weighted by molar-refractivity contribution is 0.0957. The molecule has 1 heterocycles. The number of carbonyl (C=O) groups is 1. The predicted octanol–water partition coefficient (Wildman–Crippen LogP) is 2.31. The van der Waals surface area contributed by atoms with E-state index < -0.39 is 0 Å². The molecule has 0 aliphatic heterocycles. The number of nitrogens with one attached hydrogen (secondary N) is 1. The smallest absolute Gasteiger partial charge is 0.253 e. The van der Waals surface area contributed by atoms with Crippen molar-refractivity contribution in [2.75, 3.05) is 12.3 Å². The number of anilines is 1. The fourth-order valence-corrected chi connectivity index (χ4v) is 1.42. The molecule has 0 saturated heterocycles. The Morgan fingerprint density at radius 1 is 1.50 bits per heavy atom. The van der Waals surface area contributed by atoms with E-state index in [4.69, 9.17) is 5.73 Å². The summed E-state index contributed by atoms with van der Waals surface area (Å²) in [5.74, 6) is 0.262. The van der Waals surface area contributed by atoms with E-state index in [1.165, 1.54) is 11.8 Å². The molecule has 1 amide bonds. The van der Waals surface area contributed by atoms with Crippen LogP contribution in [0.25, 0.3) is 0 Å². The molecule has 0 unspecified atom stereocenters. The van der Waals surface area contributed by atoms with Crippen molar-refractivity contribution >= 4 is 11.7 Å².